The molecule has 16 heavy (non-hydrogen) atoms. The minimum atomic E-state index is -0.757. The summed E-state index contributed by atoms with van der Waals surface area (Å²) in [5, 5.41) is 13.2. The van der Waals surface area contributed by atoms with Gasteiger partial charge in [-0.3, -0.25) is 9.59 Å². The highest BCUT2D eigenvalue weighted by molar-refractivity contribution is 14.1. The normalized spacial score (nSPS) is 9.62. The smallest absolute Gasteiger partial charge is 0.313 e. The lowest BCUT2D eigenvalue weighted by atomic mass is 10.3. The van der Waals surface area contributed by atoms with Crippen LogP contribution in [-0.4, -0.2) is 30.1 Å². The van der Waals surface area contributed by atoms with E-state index in [4.69, 9.17) is 5.11 Å². The molecule has 0 aliphatic heterocycles. The van der Waals surface area contributed by atoms with Crippen molar-refractivity contribution in [3.8, 4) is 0 Å². The molecule has 1 aromatic carbocycles. The predicted molar refractivity (Wildman–Crippen MR) is 67.9 cm³/mol. The Bertz CT molecular complexity index is 378. The molecule has 6 heteroatoms. The summed E-state index contributed by atoms with van der Waals surface area (Å²) in [5.41, 5.74) is 0.560. The SMILES string of the molecule is O=C(NCCO)C(=O)Nc1ccc(I)cc1. The highest BCUT2D eigenvalue weighted by Crippen LogP contribution is 2.10. The molecule has 0 aliphatic rings. The zero-order chi connectivity index (χ0) is 12.0. The van der Waals surface area contributed by atoms with Crippen LogP contribution in [0.25, 0.3) is 0 Å². The molecule has 0 bridgehead atoms. The number of hydrogen-bond donors (Lipinski definition) is 3. The predicted octanol–water partition coefficient (Wildman–Crippen LogP) is 0.338. The van der Waals surface area contributed by atoms with Crippen molar-refractivity contribution >= 4 is 40.1 Å². The molecule has 0 aliphatic carbocycles. The first-order valence-corrected chi connectivity index (χ1v) is 5.67. The number of nitrogens with one attached hydrogen (secondary N) is 2. The molecule has 0 atom stereocenters. The fourth-order valence-electron chi connectivity index (χ4n) is 0.971. The van der Waals surface area contributed by atoms with E-state index in [2.05, 4.69) is 33.2 Å². The van der Waals surface area contributed by atoms with E-state index in [-0.39, 0.29) is 13.2 Å². The molecule has 1 aromatic rings. The van der Waals surface area contributed by atoms with Crippen LogP contribution in [0.5, 0.6) is 0 Å². The Balaban J connectivity index is 2.51. The monoisotopic (exact) mass is 334 g/mol. The number of hydrogen-bond acceptors (Lipinski definition) is 3. The second kappa shape index (κ2) is 6.44. The van der Waals surface area contributed by atoms with E-state index in [1.165, 1.54) is 0 Å². The van der Waals surface area contributed by atoms with Crippen LogP contribution in [0, 0.1) is 3.57 Å². The fraction of sp³-hybridized carbons (Fsp3) is 0.200. The summed E-state index contributed by atoms with van der Waals surface area (Å²) in [6.07, 6.45) is 0. The molecule has 86 valence electrons. The molecular formula is C10H11IN2O3. The van der Waals surface area contributed by atoms with Crippen molar-refractivity contribution in [3.63, 3.8) is 0 Å². The number of carbonyl (C=O) groups excluding carboxylic acids is 2. The first-order valence-electron chi connectivity index (χ1n) is 4.59. The second-order valence-corrected chi connectivity index (χ2v) is 4.19. The van der Waals surface area contributed by atoms with Gasteiger partial charge in [0.25, 0.3) is 0 Å². The van der Waals surface area contributed by atoms with E-state index in [0.717, 1.165) is 3.57 Å². The molecule has 0 saturated heterocycles. The third-order valence-corrected chi connectivity index (χ3v) is 2.42. The molecule has 0 spiro atoms. The third kappa shape index (κ3) is 4.15. The molecular weight excluding hydrogens is 323 g/mol. The Kier molecular flexibility index (Phi) is 5.20. The summed E-state index contributed by atoms with van der Waals surface area (Å²) in [4.78, 5) is 22.4. The number of aliphatic hydroxyl groups is 1. The van der Waals surface area contributed by atoms with E-state index in [1.54, 1.807) is 12.1 Å². The van der Waals surface area contributed by atoms with Crippen molar-refractivity contribution in [3.05, 3.63) is 27.8 Å². The van der Waals surface area contributed by atoms with E-state index < -0.39 is 11.8 Å². The van der Waals surface area contributed by atoms with Gasteiger partial charge in [0, 0.05) is 15.8 Å². The minimum Gasteiger partial charge on any atom is -0.395 e. The maximum absolute atomic E-state index is 11.3. The molecule has 0 saturated carbocycles. The molecule has 3 N–H and O–H groups in total. The van der Waals surface area contributed by atoms with Gasteiger partial charge < -0.3 is 15.7 Å². The largest absolute Gasteiger partial charge is 0.395 e. The van der Waals surface area contributed by atoms with Gasteiger partial charge in [0.05, 0.1) is 6.61 Å². The number of amides is 2. The molecule has 2 amide bonds. The summed E-state index contributed by atoms with van der Waals surface area (Å²) in [6.45, 7) is -0.124. The average molecular weight is 334 g/mol. The van der Waals surface area contributed by atoms with E-state index >= 15 is 0 Å². The van der Waals surface area contributed by atoms with Gasteiger partial charge in [0.1, 0.15) is 0 Å². The van der Waals surface area contributed by atoms with Crippen LogP contribution in [0.3, 0.4) is 0 Å². The quantitative estimate of drug-likeness (QED) is 0.551. The number of rotatable bonds is 3. The molecule has 0 unspecified atom stereocenters. The van der Waals surface area contributed by atoms with Gasteiger partial charge in [-0.25, -0.2) is 0 Å². The van der Waals surface area contributed by atoms with Crippen LogP contribution in [0.4, 0.5) is 5.69 Å². The maximum atomic E-state index is 11.3. The zero-order valence-corrected chi connectivity index (χ0v) is 10.5. The lowest BCUT2D eigenvalue weighted by Crippen LogP contribution is -2.36. The average Bonchev–Trinajstić information content (AvgIpc) is 2.29. The number of aliphatic hydroxyl groups excluding tert-OH is 1. The molecule has 1 rings (SSSR count). The van der Waals surface area contributed by atoms with Gasteiger partial charge >= 0.3 is 11.8 Å². The fourth-order valence-corrected chi connectivity index (χ4v) is 1.33. The third-order valence-electron chi connectivity index (χ3n) is 1.71. The topological polar surface area (TPSA) is 78.4 Å². The van der Waals surface area contributed by atoms with Crippen molar-refractivity contribution < 1.29 is 14.7 Å². The van der Waals surface area contributed by atoms with Gasteiger partial charge in [-0.15, -0.1) is 0 Å². The van der Waals surface area contributed by atoms with Gasteiger partial charge in [-0.05, 0) is 46.9 Å². The highest BCUT2D eigenvalue weighted by Gasteiger charge is 2.12. The van der Waals surface area contributed by atoms with Gasteiger partial charge in [-0.1, -0.05) is 0 Å². The summed E-state index contributed by atoms with van der Waals surface area (Å²) in [5.74, 6) is -1.50. The van der Waals surface area contributed by atoms with Gasteiger partial charge in [0.15, 0.2) is 0 Å². The number of halogens is 1. The molecule has 0 fully saturated rings. The Morgan fingerprint density at radius 2 is 1.81 bits per heavy atom. The lowest BCUT2D eigenvalue weighted by Gasteiger charge is -2.05. The van der Waals surface area contributed by atoms with Crippen LogP contribution in [-0.2, 0) is 9.59 Å². The van der Waals surface area contributed by atoms with Gasteiger partial charge in [0.2, 0.25) is 0 Å². The van der Waals surface area contributed by atoms with Crippen molar-refractivity contribution in [2.24, 2.45) is 0 Å². The lowest BCUT2D eigenvalue weighted by molar-refractivity contribution is -0.136. The van der Waals surface area contributed by atoms with E-state index in [9.17, 15) is 9.59 Å². The Morgan fingerprint density at radius 3 is 2.38 bits per heavy atom. The highest BCUT2D eigenvalue weighted by atomic mass is 127. The second-order valence-electron chi connectivity index (χ2n) is 2.94. The summed E-state index contributed by atoms with van der Waals surface area (Å²) in [7, 11) is 0. The van der Waals surface area contributed by atoms with Crippen LogP contribution >= 0.6 is 22.6 Å². The number of carbonyl (C=O) groups is 2. The summed E-state index contributed by atoms with van der Waals surface area (Å²) >= 11 is 2.14. The maximum Gasteiger partial charge on any atom is 0.313 e. The van der Waals surface area contributed by atoms with E-state index in [0.29, 0.717) is 5.69 Å². The van der Waals surface area contributed by atoms with Crippen molar-refractivity contribution in [1.82, 2.24) is 5.32 Å². The molecule has 0 heterocycles. The number of anilines is 1. The standard InChI is InChI=1S/C10H11IN2O3/c11-7-1-3-8(4-2-7)13-10(16)9(15)12-5-6-14/h1-4,14H,5-6H2,(H,12,15)(H,13,16). The van der Waals surface area contributed by atoms with Crippen LogP contribution < -0.4 is 10.6 Å². The van der Waals surface area contributed by atoms with Crippen LogP contribution in [0.15, 0.2) is 24.3 Å². The molecule has 0 radical (unpaired) electrons. The summed E-state index contributed by atoms with van der Waals surface area (Å²) in [6, 6.07) is 7.06. The Morgan fingerprint density at radius 1 is 1.19 bits per heavy atom. The molecule has 0 aromatic heterocycles. The first-order chi connectivity index (χ1) is 7.63. The van der Waals surface area contributed by atoms with Crippen molar-refractivity contribution in [2.75, 3.05) is 18.5 Å². The van der Waals surface area contributed by atoms with Crippen LogP contribution in [0.1, 0.15) is 0 Å². The van der Waals surface area contributed by atoms with Gasteiger partial charge in [-0.2, -0.15) is 0 Å². The zero-order valence-electron chi connectivity index (χ0n) is 8.37. The minimum absolute atomic E-state index is 0.0684. The Labute approximate surface area is 106 Å². The number of benzene rings is 1. The van der Waals surface area contributed by atoms with Crippen LogP contribution in [0.2, 0.25) is 0 Å². The van der Waals surface area contributed by atoms with E-state index in [1.807, 2.05) is 12.1 Å². The molecule has 5 nitrogen and oxygen atoms in total. The first kappa shape index (κ1) is 12.9. The Hall–Kier alpha value is -1.15. The summed E-state index contributed by atoms with van der Waals surface area (Å²) < 4.78 is 1.04. The van der Waals surface area contributed by atoms with Crippen molar-refractivity contribution in [1.29, 1.82) is 0 Å². The van der Waals surface area contributed by atoms with Crippen molar-refractivity contribution in [2.45, 2.75) is 0 Å².